The topological polar surface area (TPSA) is 38.9 Å². The molecular formula is C16H12BrFN2S. The van der Waals surface area contributed by atoms with Crippen LogP contribution in [0.2, 0.25) is 0 Å². The van der Waals surface area contributed by atoms with Gasteiger partial charge in [0.05, 0.1) is 5.52 Å². The molecule has 0 amide bonds. The number of anilines is 1. The van der Waals surface area contributed by atoms with E-state index in [4.69, 9.17) is 5.73 Å². The SMILES string of the molecule is Nc1cc(Br)ccc1SCc1cc(F)cc2cccnc12. The van der Waals surface area contributed by atoms with Gasteiger partial charge in [-0.05, 0) is 42.0 Å². The fourth-order valence-corrected chi connectivity index (χ4v) is 3.44. The molecule has 0 aliphatic rings. The molecule has 0 unspecified atom stereocenters. The predicted octanol–water partition coefficient (Wildman–Crippen LogP) is 5.01. The van der Waals surface area contributed by atoms with Crippen molar-refractivity contribution in [2.75, 3.05) is 5.73 Å². The molecule has 3 rings (SSSR count). The van der Waals surface area contributed by atoms with Gasteiger partial charge in [-0.2, -0.15) is 0 Å². The quantitative estimate of drug-likeness (QED) is 0.525. The summed E-state index contributed by atoms with van der Waals surface area (Å²) in [6.45, 7) is 0. The number of nitrogen functional groups attached to an aromatic ring is 1. The van der Waals surface area contributed by atoms with Crippen molar-refractivity contribution < 1.29 is 4.39 Å². The van der Waals surface area contributed by atoms with Crippen molar-refractivity contribution in [2.45, 2.75) is 10.6 Å². The van der Waals surface area contributed by atoms with Crippen LogP contribution in [0, 0.1) is 5.82 Å². The number of thioether (sulfide) groups is 1. The number of rotatable bonds is 3. The summed E-state index contributed by atoms with van der Waals surface area (Å²) in [4.78, 5) is 5.33. The Hall–Kier alpha value is -1.59. The number of aromatic nitrogens is 1. The predicted molar refractivity (Wildman–Crippen MR) is 89.8 cm³/mol. The van der Waals surface area contributed by atoms with E-state index in [0.717, 1.165) is 25.8 Å². The van der Waals surface area contributed by atoms with Gasteiger partial charge in [-0.15, -0.1) is 11.8 Å². The summed E-state index contributed by atoms with van der Waals surface area (Å²) >= 11 is 4.97. The molecule has 0 aliphatic heterocycles. The minimum absolute atomic E-state index is 0.241. The fraction of sp³-hybridized carbons (Fsp3) is 0.0625. The monoisotopic (exact) mass is 362 g/mol. The smallest absolute Gasteiger partial charge is 0.124 e. The molecule has 106 valence electrons. The van der Waals surface area contributed by atoms with E-state index < -0.39 is 0 Å². The number of hydrogen-bond donors (Lipinski definition) is 1. The zero-order valence-corrected chi connectivity index (χ0v) is 13.4. The van der Waals surface area contributed by atoms with Crippen LogP contribution >= 0.6 is 27.7 Å². The van der Waals surface area contributed by atoms with E-state index in [0.29, 0.717) is 11.4 Å². The molecule has 2 nitrogen and oxygen atoms in total. The molecule has 1 aromatic heterocycles. The Morgan fingerprint density at radius 3 is 2.86 bits per heavy atom. The molecule has 0 atom stereocenters. The lowest BCUT2D eigenvalue weighted by molar-refractivity contribution is 0.628. The number of nitrogens with zero attached hydrogens (tertiary/aromatic N) is 1. The highest BCUT2D eigenvalue weighted by Crippen LogP contribution is 2.32. The number of halogens is 2. The van der Waals surface area contributed by atoms with Crippen LogP contribution in [-0.2, 0) is 5.75 Å². The van der Waals surface area contributed by atoms with Crippen molar-refractivity contribution in [2.24, 2.45) is 0 Å². The van der Waals surface area contributed by atoms with Gasteiger partial charge in [-0.1, -0.05) is 22.0 Å². The second-order valence-electron chi connectivity index (χ2n) is 4.61. The lowest BCUT2D eigenvalue weighted by atomic mass is 10.1. The van der Waals surface area contributed by atoms with Gasteiger partial charge in [0.2, 0.25) is 0 Å². The van der Waals surface area contributed by atoms with Crippen LogP contribution in [0.15, 0.2) is 58.0 Å². The highest BCUT2D eigenvalue weighted by Gasteiger charge is 2.07. The van der Waals surface area contributed by atoms with E-state index in [-0.39, 0.29) is 5.82 Å². The first-order chi connectivity index (χ1) is 10.1. The summed E-state index contributed by atoms with van der Waals surface area (Å²) in [5.74, 6) is 0.381. The van der Waals surface area contributed by atoms with Gasteiger partial charge >= 0.3 is 0 Å². The number of hydrogen-bond acceptors (Lipinski definition) is 3. The molecule has 0 radical (unpaired) electrons. The van der Waals surface area contributed by atoms with Crippen molar-refractivity contribution >= 4 is 44.3 Å². The zero-order chi connectivity index (χ0) is 14.8. The molecule has 2 N–H and O–H groups in total. The van der Waals surface area contributed by atoms with Crippen molar-refractivity contribution in [3.63, 3.8) is 0 Å². The molecule has 0 saturated heterocycles. The lowest BCUT2D eigenvalue weighted by Gasteiger charge is -2.08. The molecule has 3 aromatic rings. The summed E-state index contributed by atoms with van der Waals surface area (Å²) < 4.78 is 14.6. The third kappa shape index (κ3) is 3.19. The number of benzene rings is 2. The molecule has 2 aromatic carbocycles. The molecule has 1 heterocycles. The van der Waals surface area contributed by atoms with E-state index in [1.165, 1.54) is 12.1 Å². The summed E-state index contributed by atoms with van der Waals surface area (Å²) in [5.41, 5.74) is 8.41. The molecular weight excluding hydrogens is 351 g/mol. The van der Waals surface area contributed by atoms with Crippen LogP contribution in [0.25, 0.3) is 10.9 Å². The fourth-order valence-electron chi connectivity index (χ4n) is 2.14. The molecule has 0 aliphatic carbocycles. The van der Waals surface area contributed by atoms with Gasteiger partial charge in [-0.25, -0.2) is 4.39 Å². The maximum atomic E-state index is 13.7. The number of pyridine rings is 1. The molecule has 0 saturated carbocycles. The van der Waals surface area contributed by atoms with Gasteiger partial charge in [0.15, 0.2) is 0 Å². The number of fused-ring (bicyclic) bond motifs is 1. The minimum Gasteiger partial charge on any atom is -0.398 e. The van der Waals surface area contributed by atoms with Crippen molar-refractivity contribution in [1.29, 1.82) is 0 Å². The van der Waals surface area contributed by atoms with E-state index in [1.54, 1.807) is 18.0 Å². The maximum Gasteiger partial charge on any atom is 0.124 e. The Morgan fingerprint density at radius 1 is 1.19 bits per heavy atom. The molecule has 0 spiro atoms. The second kappa shape index (κ2) is 6.03. The standard InChI is InChI=1S/C16H12BrFN2S/c17-12-3-4-15(14(19)8-12)21-9-11-7-13(18)6-10-2-1-5-20-16(10)11/h1-8H,9,19H2. The Morgan fingerprint density at radius 2 is 2.05 bits per heavy atom. The van der Waals surface area contributed by atoms with E-state index in [1.807, 2.05) is 30.3 Å². The summed E-state index contributed by atoms with van der Waals surface area (Å²) in [5, 5.41) is 0.817. The Balaban J connectivity index is 1.91. The van der Waals surface area contributed by atoms with Crippen LogP contribution < -0.4 is 5.73 Å². The van der Waals surface area contributed by atoms with Crippen LogP contribution in [0.3, 0.4) is 0 Å². The van der Waals surface area contributed by atoms with Gasteiger partial charge in [0, 0.05) is 32.4 Å². The van der Waals surface area contributed by atoms with Gasteiger partial charge in [0.1, 0.15) is 5.82 Å². The van der Waals surface area contributed by atoms with Crippen molar-refractivity contribution in [3.8, 4) is 0 Å². The molecule has 5 heteroatoms. The molecule has 0 bridgehead atoms. The van der Waals surface area contributed by atoms with E-state index >= 15 is 0 Å². The Labute approximate surface area is 134 Å². The van der Waals surface area contributed by atoms with Gasteiger partial charge < -0.3 is 5.73 Å². The second-order valence-corrected chi connectivity index (χ2v) is 6.54. The highest BCUT2D eigenvalue weighted by atomic mass is 79.9. The average molecular weight is 363 g/mol. The van der Waals surface area contributed by atoms with Crippen molar-refractivity contribution in [3.05, 3.63) is 64.5 Å². The van der Waals surface area contributed by atoms with Crippen LogP contribution in [0.5, 0.6) is 0 Å². The first-order valence-corrected chi connectivity index (χ1v) is 8.12. The van der Waals surface area contributed by atoms with Gasteiger partial charge in [-0.3, -0.25) is 4.98 Å². The zero-order valence-electron chi connectivity index (χ0n) is 11.0. The first-order valence-electron chi connectivity index (χ1n) is 6.34. The number of nitrogens with two attached hydrogens (primary N) is 1. The average Bonchev–Trinajstić information content (AvgIpc) is 2.46. The van der Waals surface area contributed by atoms with Crippen LogP contribution in [-0.4, -0.2) is 4.98 Å². The molecule has 21 heavy (non-hydrogen) atoms. The largest absolute Gasteiger partial charge is 0.398 e. The van der Waals surface area contributed by atoms with Crippen molar-refractivity contribution in [1.82, 2.24) is 4.98 Å². The summed E-state index contributed by atoms with van der Waals surface area (Å²) in [6, 6.07) is 12.5. The van der Waals surface area contributed by atoms with E-state index in [2.05, 4.69) is 20.9 Å². The van der Waals surface area contributed by atoms with E-state index in [9.17, 15) is 4.39 Å². The first kappa shape index (κ1) is 14.4. The van der Waals surface area contributed by atoms with Gasteiger partial charge in [0.25, 0.3) is 0 Å². The highest BCUT2D eigenvalue weighted by molar-refractivity contribution is 9.10. The third-order valence-corrected chi connectivity index (χ3v) is 4.73. The Bertz CT molecular complexity index is 807. The maximum absolute atomic E-state index is 13.7. The summed E-state index contributed by atoms with van der Waals surface area (Å²) in [7, 11) is 0. The normalized spacial score (nSPS) is 11.0. The minimum atomic E-state index is -0.241. The lowest BCUT2D eigenvalue weighted by Crippen LogP contribution is -1.92. The summed E-state index contributed by atoms with van der Waals surface area (Å²) in [6.07, 6.45) is 1.72. The Kier molecular flexibility index (Phi) is 4.12. The third-order valence-electron chi connectivity index (χ3n) is 3.10. The van der Waals surface area contributed by atoms with Crippen LogP contribution in [0.4, 0.5) is 10.1 Å². The van der Waals surface area contributed by atoms with Crippen LogP contribution in [0.1, 0.15) is 5.56 Å². The molecule has 0 fully saturated rings.